The van der Waals surface area contributed by atoms with Gasteiger partial charge in [0.15, 0.2) is 0 Å². The van der Waals surface area contributed by atoms with Gasteiger partial charge in [-0.25, -0.2) is 0 Å². The van der Waals surface area contributed by atoms with Crippen molar-refractivity contribution in [3.05, 3.63) is 35.4 Å². The molecule has 1 amide bonds. The lowest BCUT2D eigenvalue weighted by atomic mass is 10.1. The summed E-state index contributed by atoms with van der Waals surface area (Å²) in [4.78, 5) is 14.2. The standard InChI is InChI=1S/C15H22N2OS/c1-11-5-7-13(8-6-11)14-16-12(2)15(18)17(14)9-4-10-19-3/h5-8,12,14,16H,4,9-10H2,1-3H3. The van der Waals surface area contributed by atoms with Gasteiger partial charge < -0.3 is 4.90 Å². The van der Waals surface area contributed by atoms with Crippen LogP contribution in [0.25, 0.3) is 0 Å². The van der Waals surface area contributed by atoms with Crippen LogP contribution < -0.4 is 5.32 Å². The van der Waals surface area contributed by atoms with Crippen LogP contribution in [0.3, 0.4) is 0 Å². The maximum atomic E-state index is 12.2. The molecule has 1 fully saturated rings. The fraction of sp³-hybridized carbons (Fsp3) is 0.533. The van der Waals surface area contributed by atoms with Crippen LogP contribution in [-0.2, 0) is 4.79 Å². The number of aryl methyl sites for hydroxylation is 1. The topological polar surface area (TPSA) is 32.3 Å². The van der Waals surface area contributed by atoms with Crippen LogP contribution in [0.4, 0.5) is 0 Å². The molecule has 19 heavy (non-hydrogen) atoms. The van der Waals surface area contributed by atoms with E-state index in [4.69, 9.17) is 0 Å². The van der Waals surface area contributed by atoms with Gasteiger partial charge in [0.25, 0.3) is 0 Å². The summed E-state index contributed by atoms with van der Waals surface area (Å²) < 4.78 is 0. The molecule has 2 atom stereocenters. The molecule has 1 heterocycles. The molecule has 1 aliphatic rings. The van der Waals surface area contributed by atoms with Crippen molar-refractivity contribution in [2.45, 2.75) is 32.5 Å². The first kappa shape index (κ1) is 14.4. The molecular weight excluding hydrogens is 256 g/mol. The van der Waals surface area contributed by atoms with Crippen molar-refractivity contribution in [3.63, 3.8) is 0 Å². The third kappa shape index (κ3) is 3.31. The average Bonchev–Trinajstić information content (AvgIpc) is 2.68. The molecule has 4 heteroatoms. The smallest absolute Gasteiger partial charge is 0.241 e. The highest BCUT2D eigenvalue weighted by Crippen LogP contribution is 2.25. The minimum absolute atomic E-state index is 0.0324. The van der Waals surface area contributed by atoms with Gasteiger partial charge in [-0.3, -0.25) is 10.1 Å². The Morgan fingerprint density at radius 3 is 2.63 bits per heavy atom. The van der Waals surface area contributed by atoms with Crippen LogP contribution in [0.5, 0.6) is 0 Å². The van der Waals surface area contributed by atoms with E-state index >= 15 is 0 Å². The quantitative estimate of drug-likeness (QED) is 0.840. The maximum absolute atomic E-state index is 12.2. The highest BCUT2D eigenvalue weighted by atomic mass is 32.2. The molecule has 0 spiro atoms. The zero-order chi connectivity index (χ0) is 13.8. The number of nitrogens with zero attached hydrogens (tertiary/aromatic N) is 1. The van der Waals surface area contributed by atoms with Gasteiger partial charge in [-0.1, -0.05) is 29.8 Å². The summed E-state index contributed by atoms with van der Waals surface area (Å²) in [5.74, 6) is 1.31. The van der Waals surface area contributed by atoms with Gasteiger partial charge >= 0.3 is 0 Å². The number of carbonyl (C=O) groups excluding carboxylic acids is 1. The lowest BCUT2D eigenvalue weighted by Gasteiger charge is -2.24. The zero-order valence-electron chi connectivity index (χ0n) is 11.8. The maximum Gasteiger partial charge on any atom is 0.241 e. The molecule has 104 valence electrons. The number of hydrogen-bond acceptors (Lipinski definition) is 3. The lowest BCUT2D eigenvalue weighted by molar-refractivity contribution is -0.129. The van der Waals surface area contributed by atoms with Gasteiger partial charge in [-0.05, 0) is 37.8 Å². The molecule has 1 aliphatic heterocycles. The molecular formula is C15H22N2OS. The molecule has 2 rings (SSSR count). The van der Waals surface area contributed by atoms with Gasteiger partial charge in [0.2, 0.25) is 5.91 Å². The number of rotatable bonds is 5. The van der Waals surface area contributed by atoms with Gasteiger partial charge in [0.1, 0.15) is 6.17 Å². The van der Waals surface area contributed by atoms with E-state index in [1.807, 2.05) is 23.6 Å². The fourth-order valence-electron chi connectivity index (χ4n) is 2.42. The molecule has 0 aromatic heterocycles. The second-order valence-corrected chi connectivity index (χ2v) is 6.07. The monoisotopic (exact) mass is 278 g/mol. The first-order valence-electron chi connectivity index (χ1n) is 6.75. The molecule has 3 nitrogen and oxygen atoms in total. The molecule has 0 saturated carbocycles. The van der Waals surface area contributed by atoms with Gasteiger partial charge in [0.05, 0.1) is 6.04 Å². The fourth-order valence-corrected chi connectivity index (χ4v) is 2.84. The predicted octanol–water partition coefficient (Wildman–Crippen LogP) is 2.57. The molecule has 0 radical (unpaired) electrons. The van der Waals surface area contributed by atoms with Crippen LogP contribution in [-0.4, -0.2) is 35.4 Å². The summed E-state index contributed by atoms with van der Waals surface area (Å²) in [6.07, 6.45) is 3.18. The number of benzene rings is 1. The molecule has 1 aromatic carbocycles. The highest BCUT2D eigenvalue weighted by Gasteiger charge is 2.36. The Hall–Kier alpha value is -1.00. The van der Waals surface area contributed by atoms with Crippen molar-refractivity contribution >= 4 is 17.7 Å². The number of amides is 1. The SMILES string of the molecule is CSCCCN1C(=O)C(C)NC1c1ccc(C)cc1. The van der Waals surface area contributed by atoms with Gasteiger partial charge in [0, 0.05) is 6.54 Å². The highest BCUT2D eigenvalue weighted by molar-refractivity contribution is 7.98. The zero-order valence-corrected chi connectivity index (χ0v) is 12.7. The van der Waals surface area contributed by atoms with Crippen molar-refractivity contribution in [1.82, 2.24) is 10.2 Å². The van der Waals surface area contributed by atoms with Gasteiger partial charge in [-0.2, -0.15) is 11.8 Å². The van der Waals surface area contributed by atoms with E-state index in [0.29, 0.717) is 0 Å². The molecule has 2 unspecified atom stereocenters. The first-order valence-corrected chi connectivity index (χ1v) is 8.15. The van der Waals surface area contributed by atoms with Crippen LogP contribution >= 0.6 is 11.8 Å². The third-order valence-corrected chi connectivity index (χ3v) is 4.21. The van der Waals surface area contributed by atoms with E-state index in [1.165, 1.54) is 11.1 Å². The van der Waals surface area contributed by atoms with E-state index in [-0.39, 0.29) is 18.1 Å². The second-order valence-electron chi connectivity index (χ2n) is 5.08. The van der Waals surface area contributed by atoms with Crippen molar-refractivity contribution in [2.24, 2.45) is 0 Å². The molecule has 1 saturated heterocycles. The molecule has 0 aliphatic carbocycles. The largest absolute Gasteiger partial charge is 0.322 e. The average molecular weight is 278 g/mol. The van der Waals surface area contributed by atoms with Crippen molar-refractivity contribution in [2.75, 3.05) is 18.6 Å². The normalized spacial score (nSPS) is 23.1. The van der Waals surface area contributed by atoms with E-state index in [0.717, 1.165) is 18.7 Å². The number of thioether (sulfide) groups is 1. The Balaban J connectivity index is 2.12. The summed E-state index contributed by atoms with van der Waals surface area (Å²) in [5, 5.41) is 3.39. The summed E-state index contributed by atoms with van der Waals surface area (Å²) in [6.45, 7) is 4.85. The molecule has 1 aromatic rings. The summed E-state index contributed by atoms with van der Waals surface area (Å²) in [7, 11) is 0. The Bertz CT molecular complexity index is 432. The van der Waals surface area contributed by atoms with Crippen molar-refractivity contribution < 1.29 is 4.79 Å². The van der Waals surface area contributed by atoms with Crippen molar-refractivity contribution in [3.8, 4) is 0 Å². The Morgan fingerprint density at radius 1 is 1.32 bits per heavy atom. The predicted molar refractivity (Wildman–Crippen MR) is 81.2 cm³/mol. The second kappa shape index (κ2) is 6.44. The van der Waals surface area contributed by atoms with Crippen molar-refractivity contribution in [1.29, 1.82) is 0 Å². The Kier molecular flexibility index (Phi) is 4.88. The van der Waals surface area contributed by atoms with Crippen LogP contribution in [0, 0.1) is 6.92 Å². The van der Waals surface area contributed by atoms with Crippen LogP contribution in [0.15, 0.2) is 24.3 Å². The number of carbonyl (C=O) groups is 1. The summed E-state index contributed by atoms with van der Waals surface area (Å²) in [5.41, 5.74) is 2.42. The van der Waals surface area contributed by atoms with Crippen LogP contribution in [0.2, 0.25) is 0 Å². The summed E-state index contributed by atoms with van der Waals surface area (Å²) in [6, 6.07) is 8.34. The summed E-state index contributed by atoms with van der Waals surface area (Å²) >= 11 is 1.83. The van der Waals surface area contributed by atoms with Crippen LogP contribution in [0.1, 0.15) is 30.6 Å². The van der Waals surface area contributed by atoms with E-state index < -0.39 is 0 Å². The Morgan fingerprint density at radius 2 is 2.00 bits per heavy atom. The van der Waals surface area contributed by atoms with E-state index in [2.05, 4.69) is 42.8 Å². The first-order chi connectivity index (χ1) is 9.13. The number of nitrogens with one attached hydrogen (secondary N) is 1. The minimum Gasteiger partial charge on any atom is -0.322 e. The van der Waals surface area contributed by atoms with E-state index in [9.17, 15) is 4.79 Å². The number of hydrogen-bond donors (Lipinski definition) is 1. The molecule has 0 bridgehead atoms. The Labute approximate surface area is 119 Å². The van der Waals surface area contributed by atoms with E-state index in [1.54, 1.807) is 0 Å². The lowest BCUT2D eigenvalue weighted by Crippen LogP contribution is -2.31. The third-order valence-electron chi connectivity index (χ3n) is 3.51. The minimum atomic E-state index is -0.0828. The molecule has 1 N–H and O–H groups in total. The van der Waals surface area contributed by atoms with Gasteiger partial charge in [-0.15, -0.1) is 0 Å².